The van der Waals surface area contributed by atoms with Gasteiger partial charge in [-0.25, -0.2) is 0 Å². The lowest BCUT2D eigenvalue weighted by atomic mass is 9.42. The van der Waals surface area contributed by atoms with Crippen molar-refractivity contribution in [3.63, 3.8) is 0 Å². The van der Waals surface area contributed by atoms with Gasteiger partial charge in [-0.3, -0.25) is 0 Å². The van der Waals surface area contributed by atoms with Crippen molar-refractivity contribution in [2.45, 2.75) is 83.2 Å². The molecule has 2 aliphatic carbocycles. The Hall–Kier alpha value is -0.420. The van der Waals surface area contributed by atoms with Crippen molar-refractivity contribution in [3.8, 4) is 0 Å². The fraction of sp³-hybridized carbons (Fsp3) is 0.900. The molecule has 1 saturated heterocycles. The topological polar surface area (TPSA) is 69.9 Å². The van der Waals surface area contributed by atoms with Crippen molar-refractivity contribution in [2.75, 3.05) is 6.61 Å². The van der Waals surface area contributed by atoms with Gasteiger partial charge in [0.1, 0.15) is 0 Å². The molecule has 0 aromatic rings. The Bertz CT molecular complexity index is 522. The molecule has 8 atom stereocenters. The highest BCUT2D eigenvalue weighted by Gasteiger charge is 2.67. The third-order valence-electron chi connectivity index (χ3n) is 7.81. The summed E-state index contributed by atoms with van der Waals surface area (Å²) in [5, 5.41) is 32.1. The zero-order valence-corrected chi connectivity index (χ0v) is 15.6. The van der Waals surface area contributed by atoms with Gasteiger partial charge in [-0.2, -0.15) is 0 Å². The number of aliphatic hydroxyl groups excluding tert-OH is 3. The molecule has 24 heavy (non-hydrogen) atoms. The molecule has 138 valence electrons. The number of hydrogen-bond acceptors (Lipinski definition) is 4. The maximum Gasteiger partial charge on any atom is 0.0864 e. The summed E-state index contributed by atoms with van der Waals surface area (Å²) in [4.78, 5) is 0. The summed E-state index contributed by atoms with van der Waals surface area (Å²) < 4.78 is 6.50. The summed E-state index contributed by atoms with van der Waals surface area (Å²) in [5.41, 5.74) is -1.67. The van der Waals surface area contributed by atoms with E-state index in [1.165, 1.54) is 0 Å². The van der Waals surface area contributed by atoms with E-state index < -0.39 is 28.8 Å². The van der Waals surface area contributed by atoms with Crippen LogP contribution in [0.15, 0.2) is 12.7 Å². The van der Waals surface area contributed by atoms with E-state index in [0.29, 0.717) is 12.8 Å². The monoisotopic (exact) mass is 338 g/mol. The average molecular weight is 338 g/mol. The van der Waals surface area contributed by atoms with E-state index in [0.717, 1.165) is 19.3 Å². The molecule has 4 heteroatoms. The standard InChI is InChI=1S/C20H34O4/c1-6-18(3)11-13(22)16-19(4,24-18)10-7-14-17(2,12-21)9-8-15(23)20(14,16)5/h6,13-16,21-23H,1,7-12H2,2-5H3/t13-,14?,15+,16?,17+,18+,19-,20-/m1/s1. The number of fused-ring (bicyclic) bond motifs is 3. The minimum absolute atomic E-state index is 0.130. The summed E-state index contributed by atoms with van der Waals surface area (Å²) in [6, 6.07) is 0. The van der Waals surface area contributed by atoms with E-state index in [2.05, 4.69) is 27.4 Å². The summed E-state index contributed by atoms with van der Waals surface area (Å²) >= 11 is 0. The fourth-order valence-electron chi connectivity index (χ4n) is 6.62. The van der Waals surface area contributed by atoms with Gasteiger partial charge in [0.2, 0.25) is 0 Å². The van der Waals surface area contributed by atoms with Gasteiger partial charge in [-0.05, 0) is 50.9 Å². The molecule has 0 radical (unpaired) electrons. The molecule has 2 saturated carbocycles. The third kappa shape index (κ3) is 2.33. The van der Waals surface area contributed by atoms with Gasteiger partial charge in [0, 0.05) is 24.4 Å². The van der Waals surface area contributed by atoms with Crippen LogP contribution in [0.4, 0.5) is 0 Å². The van der Waals surface area contributed by atoms with Gasteiger partial charge in [0.25, 0.3) is 0 Å². The third-order valence-corrected chi connectivity index (χ3v) is 7.81. The molecule has 0 spiro atoms. The first-order chi connectivity index (χ1) is 11.0. The smallest absolute Gasteiger partial charge is 0.0864 e. The Morgan fingerprint density at radius 3 is 2.38 bits per heavy atom. The first-order valence-electron chi connectivity index (χ1n) is 9.35. The molecular formula is C20H34O4. The second-order valence-corrected chi connectivity index (χ2v) is 9.50. The van der Waals surface area contributed by atoms with Crippen LogP contribution in [-0.4, -0.2) is 45.3 Å². The molecule has 0 aromatic heterocycles. The molecule has 0 amide bonds. The molecule has 3 N–H and O–H groups in total. The quantitative estimate of drug-likeness (QED) is 0.677. The van der Waals surface area contributed by atoms with Crippen molar-refractivity contribution >= 4 is 0 Å². The van der Waals surface area contributed by atoms with Crippen molar-refractivity contribution in [1.29, 1.82) is 0 Å². The second-order valence-electron chi connectivity index (χ2n) is 9.50. The van der Waals surface area contributed by atoms with Gasteiger partial charge in [0.05, 0.1) is 23.4 Å². The van der Waals surface area contributed by atoms with E-state index >= 15 is 0 Å². The van der Waals surface area contributed by atoms with Crippen LogP contribution in [0.3, 0.4) is 0 Å². The zero-order valence-electron chi connectivity index (χ0n) is 15.6. The molecule has 3 fully saturated rings. The van der Waals surface area contributed by atoms with Crippen LogP contribution in [0, 0.1) is 22.7 Å². The Morgan fingerprint density at radius 2 is 1.79 bits per heavy atom. The average Bonchev–Trinajstić information content (AvgIpc) is 2.50. The predicted molar refractivity (Wildman–Crippen MR) is 93.5 cm³/mol. The maximum absolute atomic E-state index is 11.1. The molecule has 0 bridgehead atoms. The summed E-state index contributed by atoms with van der Waals surface area (Å²) in [6.45, 7) is 12.3. The van der Waals surface area contributed by atoms with Crippen LogP contribution in [0.25, 0.3) is 0 Å². The van der Waals surface area contributed by atoms with E-state index in [1.54, 1.807) is 6.08 Å². The van der Waals surface area contributed by atoms with Gasteiger partial charge >= 0.3 is 0 Å². The molecule has 2 unspecified atom stereocenters. The Labute approximate surface area is 145 Å². The SMILES string of the molecule is C=C[C@@]1(C)C[C@@H](O)C2[C@]3(C)C(CC[C@@]2(C)O1)[C@](C)(CO)CC[C@@H]3O. The van der Waals surface area contributed by atoms with E-state index in [4.69, 9.17) is 4.74 Å². The lowest BCUT2D eigenvalue weighted by Crippen LogP contribution is -2.70. The van der Waals surface area contributed by atoms with Gasteiger partial charge < -0.3 is 20.1 Å². The number of ether oxygens (including phenoxy) is 1. The zero-order chi connectivity index (χ0) is 18.0. The number of rotatable bonds is 2. The Kier molecular flexibility index (Phi) is 4.24. The first kappa shape index (κ1) is 18.4. The van der Waals surface area contributed by atoms with Crippen molar-refractivity contribution in [1.82, 2.24) is 0 Å². The first-order valence-corrected chi connectivity index (χ1v) is 9.35. The van der Waals surface area contributed by atoms with Crippen LogP contribution < -0.4 is 0 Å². The molecule has 0 aromatic carbocycles. The van der Waals surface area contributed by atoms with Crippen LogP contribution in [-0.2, 0) is 4.74 Å². The largest absolute Gasteiger partial charge is 0.396 e. The van der Waals surface area contributed by atoms with Gasteiger partial charge in [0.15, 0.2) is 0 Å². The Morgan fingerprint density at radius 1 is 1.12 bits per heavy atom. The van der Waals surface area contributed by atoms with Crippen LogP contribution in [0.2, 0.25) is 0 Å². The van der Waals surface area contributed by atoms with Gasteiger partial charge in [-0.15, -0.1) is 6.58 Å². The van der Waals surface area contributed by atoms with E-state index in [1.807, 2.05) is 6.92 Å². The normalized spacial score (nSPS) is 57.8. The highest BCUT2D eigenvalue weighted by molar-refractivity contribution is 5.17. The molecular weight excluding hydrogens is 304 g/mol. The Balaban J connectivity index is 2.06. The summed E-state index contributed by atoms with van der Waals surface area (Å²) in [5.74, 6) is 0.0427. The summed E-state index contributed by atoms with van der Waals surface area (Å²) in [7, 11) is 0. The molecule has 3 rings (SSSR count). The number of aliphatic hydroxyl groups is 3. The maximum atomic E-state index is 11.1. The lowest BCUT2D eigenvalue weighted by Gasteiger charge is -2.67. The highest BCUT2D eigenvalue weighted by atomic mass is 16.5. The van der Waals surface area contributed by atoms with Crippen LogP contribution in [0.5, 0.6) is 0 Å². The molecule has 1 aliphatic heterocycles. The lowest BCUT2D eigenvalue weighted by molar-refractivity contribution is -0.304. The molecule has 4 nitrogen and oxygen atoms in total. The van der Waals surface area contributed by atoms with Crippen molar-refractivity contribution in [3.05, 3.63) is 12.7 Å². The minimum atomic E-state index is -0.546. The van der Waals surface area contributed by atoms with E-state index in [9.17, 15) is 15.3 Å². The predicted octanol–water partition coefficient (Wildman–Crippen LogP) is 2.66. The van der Waals surface area contributed by atoms with Crippen molar-refractivity contribution < 1.29 is 20.1 Å². The van der Waals surface area contributed by atoms with Gasteiger partial charge in [-0.1, -0.05) is 19.9 Å². The molecule has 3 aliphatic rings. The number of hydrogen-bond donors (Lipinski definition) is 3. The van der Waals surface area contributed by atoms with Crippen LogP contribution in [0.1, 0.15) is 59.8 Å². The van der Waals surface area contributed by atoms with Crippen molar-refractivity contribution in [2.24, 2.45) is 22.7 Å². The second kappa shape index (κ2) is 5.54. The van der Waals surface area contributed by atoms with E-state index in [-0.39, 0.29) is 23.9 Å². The molecule has 1 heterocycles. The fourth-order valence-corrected chi connectivity index (χ4v) is 6.62. The summed E-state index contributed by atoms with van der Waals surface area (Å²) in [6.07, 6.45) is 4.51. The highest BCUT2D eigenvalue weighted by Crippen LogP contribution is 2.65. The minimum Gasteiger partial charge on any atom is -0.396 e. The van der Waals surface area contributed by atoms with Crippen LogP contribution >= 0.6 is 0 Å².